The van der Waals surface area contributed by atoms with Gasteiger partial charge in [0.05, 0.1) is 16.9 Å². The molecule has 20 heavy (non-hydrogen) atoms. The molecule has 3 N–H and O–H groups in total. The van der Waals surface area contributed by atoms with Gasteiger partial charge in [-0.15, -0.1) is 0 Å². The molecule has 0 bridgehead atoms. The predicted molar refractivity (Wildman–Crippen MR) is 81.4 cm³/mol. The lowest BCUT2D eigenvalue weighted by atomic mass is 10.2. The van der Waals surface area contributed by atoms with Gasteiger partial charge in [0.2, 0.25) is 0 Å². The van der Waals surface area contributed by atoms with Gasteiger partial charge in [0.1, 0.15) is 4.99 Å². The number of nitrogens with zero attached hydrogens (tertiary/aromatic N) is 2. The Labute approximate surface area is 126 Å². The molecular formula is C11H11ClN4O2S2. The predicted octanol–water partition coefficient (Wildman–Crippen LogP) is 1.51. The topological polar surface area (TPSA) is 90.0 Å². The Morgan fingerprint density at radius 3 is 2.65 bits per heavy atom. The Balaban J connectivity index is 2.47. The van der Waals surface area contributed by atoms with E-state index < -0.39 is 10.0 Å². The number of rotatable bonds is 4. The number of hydrogen-bond acceptors (Lipinski definition) is 4. The molecule has 0 aliphatic rings. The van der Waals surface area contributed by atoms with Crippen LogP contribution in [0.4, 0.5) is 5.69 Å². The molecule has 1 heterocycles. The van der Waals surface area contributed by atoms with Crippen molar-refractivity contribution in [2.24, 2.45) is 12.8 Å². The van der Waals surface area contributed by atoms with Crippen LogP contribution in [0.5, 0.6) is 0 Å². The van der Waals surface area contributed by atoms with E-state index in [9.17, 15) is 8.42 Å². The number of nitrogens with two attached hydrogens (primary N) is 1. The Kier molecular flexibility index (Phi) is 3.98. The van der Waals surface area contributed by atoms with Crippen LogP contribution in [0.3, 0.4) is 0 Å². The fourth-order valence-corrected chi connectivity index (χ4v) is 3.60. The zero-order chi connectivity index (χ0) is 14.9. The molecule has 2 aromatic rings. The van der Waals surface area contributed by atoms with Crippen molar-refractivity contribution in [2.45, 2.75) is 5.03 Å². The van der Waals surface area contributed by atoms with Gasteiger partial charge in [-0.2, -0.15) is 13.5 Å². The molecular weight excluding hydrogens is 320 g/mol. The third kappa shape index (κ3) is 2.77. The van der Waals surface area contributed by atoms with Crippen LogP contribution in [0.25, 0.3) is 0 Å². The van der Waals surface area contributed by atoms with Crippen molar-refractivity contribution in [3.63, 3.8) is 0 Å². The second-order valence-corrected chi connectivity index (χ2v) is 6.38. The average Bonchev–Trinajstić information content (AvgIpc) is 2.69. The molecule has 6 nitrogen and oxygen atoms in total. The van der Waals surface area contributed by atoms with E-state index in [4.69, 9.17) is 29.6 Å². The second-order valence-electron chi connectivity index (χ2n) is 3.94. The quantitative estimate of drug-likeness (QED) is 0.829. The van der Waals surface area contributed by atoms with E-state index in [1.54, 1.807) is 24.3 Å². The largest absolute Gasteiger partial charge is 0.389 e. The molecule has 0 saturated heterocycles. The fourth-order valence-electron chi connectivity index (χ4n) is 1.68. The zero-order valence-electron chi connectivity index (χ0n) is 10.4. The number of sulfonamides is 1. The summed E-state index contributed by atoms with van der Waals surface area (Å²) in [5.74, 6) is 0. The highest BCUT2D eigenvalue weighted by atomic mass is 35.5. The van der Waals surface area contributed by atoms with Crippen molar-refractivity contribution in [1.29, 1.82) is 0 Å². The van der Waals surface area contributed by atoms with Gasteiger partial charge < -0.3 is 5.73 Å². The number of halogens is 1. The summed E-state index contributed by atoms with van der Waals surface area (Å²) in [5, 5.41) is 3.70. The summed E-state index contributed by atoms with van der Waals surface area (Å²) < 4.78 is 28.3. The SMILES string of the molecule is Cn1ncc(Cl)c1S(=O)(=O)Nc1ccccc1C(N)=S. The first-order valence-corrected chi connectivity index (χ1v) is 7.69. The van der Waals surface area contributed by atoms with Crippen LogP contribution in [-0.2, 0) is 17.1 Å². The zero-order valence-corrected chi connectivity index (χ0v) is 12.8. The van der Waals surface area contributed by atoms with Gasteiger partial charge >= 0.3 is 0 Å². The van der Waals surface area contributed by atoms with E-state index >= 15 is 0 Å². The Morgan fingerprint density at radius 1 is 1.45 bits per heavy atom. The Bertz CT molecular complexity index is 751. The molecule has 1 aromatic heterocycles. The standard InChI is InChI=1S/C11H11ClN4O2S2/c1-16-11(8(12)6-14-16)20(17,18)15-9-5-3-2-4-7(9)10(13)19/h2-6,15H,1H3,(H2,13,19). The Morgan fingerprint density at radius 2 is 2.10 bits per heavy atom. The third-order valence-corrected chi connectivity index (χ3v) is 4.62. The molecule has 0 aliphatic carbocycles. The van der Waals surface area contributed by atoms with Gasteiger partial charge in [-0.3, -0.25) is 9.40 Å². The van der Waals surface area contributed by atoms with Crippen LogP contribution in [0.1, 0.15) is 5.56 Å². The molecule has 0 radical (unpaired) electrons. The highest BCUT2D eigenvalue weighted by Gasteiger charge is 2.23. The molecule has 9 heteroatoms. The highest BCUT2D eigenvalue weighted by Crippen LogP contribution is 2.24. The molecule has 0 atom stereocenters. The van der Waals surface area contributed by atoms with E-state index in [1.807, 2.05) is 0 Å². The van der Waals surface area contributed by atoms with E-state index in [0.29, 0.717) is 5.56 Å². The summed E-state index contributed by atoms with van der Waals surface area (Å²) >= 11 is 10.7. The number of benzene rings is 1. The van der Waals surface area contributed by atoms with Crippen LogP contribution >= 0.6 is 23.8 Å². The van der Waals surface area contributed by atoms with Crippen molar-refractivity contribution in [1.82, 2.24) is 9.78 Å². The number of nitrogens with one attached hydrogen (secondary N) is 1. The van der Waals surface area contributed by atoms with Gasteiger partial charge in [0.25, 0.3) is 10.0 Å². The number of thiocarbonyl (C=S) groups is 1. The van der Waals surface area contributed by atoms with Gasteiger partial charge in [-0.1, -0.05) is 36.0 Å². The van der Waals surface area contributed by atoms with Crippen molar-refractivity contribution >= 4 is 44.5 Å². The first-order valence-electron chi connectivity index (χ1n) is 5.42. The van der Waals surface area contributed by atoms with E-state index in [2.05, 4.69) is 9.82 Å². The summed E-state index contributed by atoms with van der Waals surface area (Å²) in [6.45, 7) is 0. The van der Waals surface area contributed by atoms with Crippen LogP contribution in [0, 0.1) is 0 Å². The third-order valence-electron chi connectivity index (χ3n) is 2.53. The molecule has 1 aromatic carbocycles. The van der Waals surface area contributed by atoms with Crippen LogP contribution in [-0.4, -0.2) is 23.2 Å². The first kappa shape index (κ1) is 14.8. The Hall–Kier alpha value is -1.64. The smallest absolute Gasteiger partial charge is 0.280 e. The van der Waals surface area contributed by atoms with Crippen molar-refractivity contribution in [3.05, 3.63) is 41.0 Å². The minimum Gasteiger partial charge on any atom is -0.389 e. The highest BCUT2D eigenvalue weighted by molar-refractivity contribution is 7.92. The van der Waals surface area contributed by atoms with E-state index in [1.165, 1.54) is 17.9 Å². The van der Waals surface area contributed by atoms with Crippen LogP contribution < -0.4 is 10.5 Å². The van der Waals surface area contributed by atoms with Crippen molar-refractivity contribution < 1.29 is 8.42 Å². The van der Waals surface area contributed by atoms with Gasteiger partial charge in [-0.25, -0.2) is 0 Å². The molecule has 0 amide bonds. The van der Waals surface area contributed by atoms with Crippen molar-refractivity contribution in [2.75, 3.05) is 4.72 Å². The molecule has 106 valence electrons. The number of anilines is 1. The number of para-hydroxylation sites is 1. The lowest BCUT2D eigenvalue weighted by Gasteiger charge is -2.12. The summed E-state index contributed by atoms with van der Waals surface area (Å²) in [4.78, 5) is 0.0967. The van der Waals surface area contributed by atoms with Gasteiger partial charge in [-0.05, 0) is 12.1 Å². The molecule has 0 unspecified atom stereocenters. The summed E-state index contributed by atoms with van der Waals surface area (Å²) in [6.07, 6.45) is 1.26. The maximum atomic E-state index is 12.3. The average molecular weight is 331 g/mol. The second kappa shape index (κ2) is 5.39. The lowest BCUT2D eigenvalue weighted by Crippen LogP contribution is -2.20. The minimum atomic E-state index is -3.88. The number of aryl methyl sites for hydroxylation is 1. The van der Waals surface area contributed by atoms with Gasteiger partial charge in [0.15, 0.2) is 5.03 Å². The minimum absolute atomic E-state index is 0.0350. The molecule has 0 saturated carbocycles. The monoisotopic (exact) mass is 330 g/mol. The number of hydrogen-bond donors (Lipinski definition) is 2. The lowest BCUT2D eigenvalue weighted by molar-refractivity contribution is 0.582. The summed E-state index contributed by atoms with van der Waals surface area (Å²) in [5.41, 5.74) is 6.29. The van der Waals surface area contributed by atoms with Crippen LogP contribution in [0.15, 0.2) is 35.5 Å². The molecule has 0 aliphatic heterocycles. The fraction of sp³-hybridized carbons (Fsp3) is 0.0909. The van der Waals surface area contributed by atoms with Gasteiger partial charge in [0, 0.05) is 12.6 Å². The normalized spacial score (nSPS) is 11.3. The number of aromatic nitrogens is 2. The van der Waals surface area contributed by atoms with Crippen molar-refractivity contribution in [3.8, 4) is 0 Å². The molecule has 0 spiro atoms. The molecule has 2 rings (SSSR count). The van der Waals surface area contributed by atoms with Crippen LogP contribution in [0.2, 0.25) is 5.02 Å². The van der Waals surface area contributed by atoms with E-state index in [0.717, 1.165) is 0 Å². The summed E-state index contributed by atoms with van der Waals surface area (Å²) in [6, 6.07) is 6.58. The molecule has 0 fully saturated rings. The summed E-state index contributed by atoms with van der Waals surface area (Å²) in [7, 11) is -2.40. The maximum Gasteiger partial charge on any atom is 0.280 e. The maximum absolute atomic E-state index is 12.3. The van der Waals surface area contributed by atoms with E-state index in [-0.39, 0.29) is 20.7 Å². The first-order chi connectivity index (χ1) is 9.33.